The van der Waals surface area contributed by atoms with Gasteiger partial charge in [0.25, 0.3) is 0 Å². The topological polar surface area (TPSA) is 37.2 Å². The number of aromatic nitrogens is 3. The van der Waals surface area contributed by atoms with Crippen LogP contribution in [0.2, 0.25) is 0 Å². The second kappa shape index (κ2) is 6.26. The molecule has 1 aliphatic rings. The highest BCUT2D eigenvalue weighted by atomic mass is 15.3. The minimum Gasteiger partial charge on any atom is -0.355 e. The van der Waals surface area contributed by atoms with Crippen molar-refractivity contribution in [3.63, 3.8) is 0 Å². The van der Waals surface area contributed by atoms with Gasteiger partial charge in [0.2, 0.25) is 0 Å². The van der Waals surface area contributed by atoms with Crippen LogP contribution in [0.1, 0.15) is 18.5 Å². The Kier molecular flexibility index (Phi) is 4.20. The van der Waals surface area contributed by atoms with E-state index in [1.165, 1.54) is 12.8 Å². The van der Waals surface area contributed by atoms with Gasteiger partial charge in [-0.15, -0.1) is 0 Å². The molecule has 0 aliphatic carbocycles. The molecule has 1 atom stereocenters. The molecule has 3 rings (SSSR count). The predicted molar refractivity (Wildman–Crippen MR) is 84.1 cm³/mol. The van der Waals surface area contributed by atoms with E-state index in [1.807, 2.05) is 30.2 Å². The van der Waals surface area contributed by atoms with Gasteiger partial charge in [-0.25, -0.2) is 4.98 Å². The molecule has 0 amide bonds. The first-order chi connectivity index (χ1) is 10.2. The summed E-state index contributed by atoms with van der Waals surface area (Å²) in [6, 6.07) is 8.78. The zero-order valence-corrected chi connectivity index (χ0v) is 12.8. The van der Waals surface area contributed by atoms with Gasteiger partial charge in [0.05, 0.1) is 5.69 Å². The highest BCUT2D eigenvalue weighted by Gasteiger charge is 2.24. The van der Waals surface area contributed by atoms with Gasteiger partial charge in [0, 0.05) is 45.1 Å². The normalized spacial score (nSPS) is 19.2. The Bertz CT molecular complexity index is 565. The molecule has 1 saturated heterocycles. The summed E-state index contributed by atoms with van der Waals surface area (Å²) in [6.07, 6.45) is 6.33. The quantitative estimate of drug-likeness (QED) is 0.860. The maximum absolute atomic E-state index is 4.48. The van der Waals surface area contributed by atoms with Crippen molar-refractivity contribution in [3.05, 3.63) is 42.4 Å². The first-order valence-electron chi connectivity index (χ1n) is 7.57. The fourth-order valence-electron chi connectivity index (χ4n) is 3.00. The van der Waals surface area contributed by atoms with Gasteiger partial charge in [-0.1, -0.05) is 6.07 Å². The highest BCUT2D eigenvalue weighted by Crippen LogP contribution is 2.20. The molecule has 5 heteroatoms. The van der Waals surface area contributed by atoms with Crippen molar-refractivity contribution < 1.29 is 0 Å². The number of anilines is 1. The van der Waals surface area contributed by atoms with Crippen molar-refractivity contribution >= 4 is 5.82 Å². The van der Waals surface area contributed by atoms with Crippen LogP contribution in [-0.2, 0) is 13.6 Å². The molecule has 5 nitrogen and oxygen atoms in total. The van der Waals surface area contributed by atoms with Crippen molar-refractivity contribution in [2.75, 3.05) is 25.0 Å². The Hall–Kier alpha value is -1.88. The van der Waals surface area contributed by atoms with Crippen LogP contribution in [0.4, 0.5) is 5.82 Å². The number of pyridine rings is 1. The van der Waals surface area contributed by atoms with Crippen molar-refractivity contribution in [2.24, 2.45) is 7.05 Å². The lowest BCUT2D eigenvalue weighted by atomic mass is 10.0. The summed E-state index contributed by atoms with van der Waals surface area (Å²) in [5.41, 5.74) is 1.13. The standard InChI is InChI=1S/C16H23N5/c1-19(12-14-8-11-20(2)18-14)15-6-5-10-21(13-15)16-7-3-4-9-17-16/h3-4,7-9,11,15H,5-6,10,12-13H2,1-2H3/t15-/m0/s1. The third-order valence-electron chi connectivity index (χ3n) is 4.17. The van der Waals surface area contributed by atoms with Gasteiger partial charge in [0.1, 0.15) is 5.82 Å². The molecule has 0 aromatic carbocycles. The molecular weight excluding hydrogens is 262 g/mol. The summed E-state index contributed by atoms with van der Waals surface area (Å²) < 4.78 is 1.87. The Labute approximate surface area is 126 Å². The van der Waals surface area contributed by atoms with Crippen molar-refractivity contribution in [1.82, 2.24) is 19.7 Å². The fourth-order valence-corrected chi connectivity index (χ4v) is 3.00. The SMILES string of the molecule is CN(Cc1ccn(C)n1)[C@H]1CCCN(c2ccccn2)C1. The second-order valence-corrected chi connectivity index (χ2v) is 5.83. The van der Waals surface area contributed by atoms with Crippen molar-refractivity contribution in [3.8, 4) is 0 Å². The fraction of sp³-hybridized carbons (Fsp3) is 0.500. The third kappa shape index (κ3) is 3.42. The van der Waals surface area contributed by atoms with Crippen LogP contribution in [0.3, 0.4) is 0 Å². The molecule has 0 unspecified atom stereocenters. The van der Waals surface area contributed by atoms with Gasteiger partial charge in [0.15, 0.2) is 0 Å². The van der Waals surface area contributed by atoms with E-state index in [2.05, 4.69) is 45.1 Å². The largest absolute Gasteiger partial charge is 0.355 e. The molecule has 112 valence electrons. The van der Waals surface area contributed by atoms with Crippen LogP contribution in [-0.4, -0.2) is 45.8 Å². The molecule has 1 aliphatic heterocycles. The van der Waals surface area contributed by atoms with Gasteiger partial charge >= 0.3 is 0 Å². The molecule has 3 heterocycles. The second-order valence-electron chi connectivity index (χ2n) is 5.83. The number of rotatable bonds is 4. The molecule has 1 fully saturated rings. The number of hydrogen-bond acceptors (Lipinski definition) is 4. The number of nitrogens with zero attached hydrogens (tertiary/aromatic N) is 5. The summed E-state index contributed by atoms with van der Waals surface area (Å²) in [5, 5.41) is 4.47. The summed E-state index contributed by atoms with van der Waals surface area (Å²) in [4.78, 5) is 9.28. The maximum atomic E-state index is 4.48. The molecular formula is C16H23N5. The van der Waals surface area contributed by atoms with Gasteiger partial charge in [-0.3, -0.25) is 9.58 Å². The van der Waals surface area contributed by atoms with E-state index in [9.17, 15) is 0 Å². The van der Waals surface area contributed by atoms with Crippen molar-refractivity contribution in [2.45, 2.75) is 25.4 Å². The van der Waals surface area contributed by atoms with E-state index in [4.69, 9.17) is 0 Å². The minimum atomic E-state index is 0.558. The molecule has 0 radical (unpaired) electrons. The summed E-state index contributed by atoms with van der Waals surface area (Å²) in [5.74, 6) is 1.09. The molecule has 2 aromatic rings. The number of hydrogen-bond donors (Lipinski definition) is 0. The number of piperidine rings is 1. The van der Waals surface area contributed by atoms with Gasteiger partial charge < -0.3 is 4.90 Å². The molecule has 0 saturated carbocycles. The Balaban J connectivity index is 1.62. The van der Waals surface area contributed by atoms with Gasteiger partial charge in [-0.2, -0.15) is 5.10 Å². The summed E-state index contributed by atoms with van der Waals surface area (Å²) in [7, 11) is 4.16. The van der Waals surface area contributed by atoms with E-state index in [1.54, 1.807) is 0 Å². The number of likely N-dealkylation sites (N-methyl/N-ethyl adjacent to an activating group) is 1. The van der Waals surface area contributed by atoms with Gasteiger partial charge in [-0.05, 0) is 38.1 Å². The van der Waals surface area contributed by atoms with E-state index in [-0.39, 0.29) is 0 Å². The predicted octanol–water partition coefficient (Wildman–Crippen LogP) is 1.92. The van der Waals surface area contributed by atoms with Crippen LogP contribution in [0.25, 0.3) is 0 Å². The number of aryl methyl sites for hydroxylation is 1. The monoisotopic (exact) mass is 285 g/mol. The first-order valence-corrected chi connectivity index (χ1v) is 7.57. The zero-order valence-electron chi connectivity index (χ0n) is 12.8. The minimum absolute atomic E-state index is 0.558. The molecule has 2 aromatic heterocycles. The average molecular weight is 285 g/mol. The lowest BCUT2D eigenvalue weighted by Crippen LogP contribution is -2.46. The van der Waals surface area contributed by atoms with Crippen LogP contribution < -0.4 is 4.90 Å². The molecule has 0 spiro atoms. The zero-order chi connectivity index (χ0) is 14.7. The molecule has 0 N–H and O–H groups in total. The van der Waals surface area contributed by atoms with Crippen LogP contribution in [0.15, 0.2) is 36.7 Å². The van der Waals surface area contributed by atoms with Crippen LogP contribution in [0.5, 0.6) is 0 Å². The lowest BCUT2D eigenvalue weighted by molar-refractivity contribution is 0.205. The Morgan fingerprint density at radius 2 is 2.24 bits per heavy atom. The van der Waals surface area contributed by atoms with E-state index >= 15 is 0 Å². The molecule has 0 bridgehead atoms. The van der Waals surface area contributed by atoms with E-state index in [0.29, 0.717) is 6.04 Å². The first kappa shape index (κ1) is 14.1. The smallest absolute Gasteiger partial charge is 0.128 e. The Morgan fingerprint density at radius 3 is 2.95 bits per heavy atom. The Morgan fingerprint density at radius 1 is 1.33 bits per heavy atom. The summed E-state index contributed by atoms with van der Waals surface area (Å²) in [6.45, 7) is 3.05. The van der Waals surface area contributed by atoms with Crippen molar-refractivity contribution in [1.29, 1.82) is 0 Å². The van der Waals surface area contributed by atoms with E-state index < -0.39 is 0 Å². The molecule has 21 heavy (non-hydrogen) atoms. The van der Waals surface area contributed by atoms with Crippen LogP contribution >= 0.6 is 0 Å². The summed E-state index contributed by atoms with van der Waals surface area (Å²) >= 11 is 0. The van der Waals surface area contributed by atoms with E-state index in [0.717, 1.165) is 31.1 Å². The third-order valence-corrected chi connectivity index (χ3v) is 4.17. The lowest BCUT2D eigenvalue weighted by Gasteiger charge is -2.38. The average Bonchev–Trinajstić information content (AvgIpc) is 2.93. The van der Waals surface area contributed by atoms with Crippen LogP contribution in [0, 0.1) is 0 Å². The maximum Gasteiger partial charge on any atom is 0.128 e. The highest BCUT2D eigenvalue weighted by molar-refractivity contribution is 5.38.